The molecule has 0 radical (unpaired) electrons. The van der Waals surface area contributed by atoms with Crippen molar-refractivity contribution in [2.75, 3.05) is 0 Å². The van der Waals surface area contributed by atoms with Gasteiger partial charge in [0.2, 0.25) is 0 Å². The summed E-state index contributed by atoms with van der Waals surface area (Å²) in [6.07, 6.45) is 2.58. The second-order valence-corrected chi connectivity index (χ2v) is 4.66. The van der Waals surface area contributed by atoms with Gasteiger partial charge in [-0.25, -0.2) is 0 Å². The van der Waals surface area contributed by atoms with E-state index in [2.05, 4.69) is 29.1 Å². The first kappa shape index (κ1) is 14.0. The zero-order valence-corrected chi connectivity index (χ0v) is 12.0. The average molecular weight is 273 g/mol. The lowest BCUT2D eigenvalue weighted by Gasteiger charge is -2.09. The highest BCUT2D eigenvalue weighted by Crippen LogP contribution is 2.16. The van der Waals surface area contributed by atoms with Crippen LogP contribution in [0.4, 0.5) is 0 Å². The van der Waals surface area contributed by atoms with Gasteiger partial charge < -0.3 is 10.9 Å². The molecule has 20 heavy (non-hydrogen) atoms. The fourth-order valence-corrected chi connectivity index (χ4v) is 2.41. The summed E-state index contributed by atoms with van der Waals surface area (Å²) in [6.45, 7) is 6.73. The molecule has 2 aromatic heterocycles. The van der Waals surface area contributed by atoms with E-state index in [1.165, 1.54) is 5.56 Å². The number of aromatic nitrogens is 3. The van der Waals surface area contributed by atoms with Gasteiger partial charge in [0.05, 0.1) is 12.2 Å². The number of nitrogens with two attached hydrogens (primary N) is 1. The molecule has 2 rings (SSSR count). The molecule has 0 aliphatic rings. The zero-order valence-electron chi connectivity index (χ0n) is 12.0. The van der Waals surface area contributed by atoms with Gasteiger partial charge in [0.1, 0.15) is 5.69 Å². The topological polar surface area (TPSA) is 89.3 Å². The Labute approximate surface area is 117 Å². The summed E-state index contributed by atoms with van der Waals surface area (Å²) in [5.41, 5.74) is 10.5. The lowest BCUT2D eigenvalue weighted by atomic mass is 10.1. The van der Waals surface area contributed by atoms with E-state index in [4.69, 9.17) is 10.9 Å². The van der Waals surface area contributed by atoms with Crippen LogP contribution in [-0.4, -0.2) is 25.8 Å². The summed E-state index contributed by atoms with van der Waals surface area (Å²) in [5.74, 6) is 0.0119. The van der Waals surface area contributed by atoms with Gasteiger partial charge >= 0.3 is 0 Å². The minimum absolute atomic E-state index is 0.0119. The van der Waals surface area contributed by atoms with Crippen LogP contribution >= 0.6 is 0 Å². The predicted molar refractivity (Wildman–Crippen MR) is 76.9 cm³/mol. The van der Waals surface area contributed by atoms with Crippen molar-refractivity contribution in [2.24, 2.45) is 10.9 Å². The molecule has 2 aromatic rings. The smallest absolute Gasteiger partial charge is 0.189 e. The molecule has 0 fully saturated rings. The van der Waals surface area contributed by atoms with E-state index in [0.29, 0.717) is 12.2 Å². The largest absolute Gasteiger partial charge is 0.409 e. The monoisotopic (exact) mass is 273 g/mol. The molecule has 0 aromatic carbocycles. The normalized spacial score (nSPS) is 11.8. The van der Waals surface area contributed by atoms with Crippen molar-refractivity contribution in [1.29, 1.82) is 0 Å². The summed E-state index contributed by atoms with van der Waals surface area (Å²) >= 11 is 0. The third-order valence-electron chi connectivity index (χ3n) is 3.45. The number of pyridine rings is 1. The van der Waals surface area contributed by atoms with Crippen LogP contribution in [0.5, 0.6) is 0 Å². The fraction of sp³-hybridized carbons (Fsp3) is 0.357. The highest BCUT2D eigenvalue weighted by atomic mass is 16.4. The highest BCUT2D eigenvalue weighted by Gasteiger charge is 2.13. The maximum Gasteiger partial charge on any atom is 0.189 e. The second kappa shape index (κ2) is 5.73. The molecule has 0 saturated heterocycles. The van der Waals surface area contributed by atoms with Gasteiger partial charge in [-0.2, -0.15) is 5.10 Å². The molecule has 0 aliphatic carbocycles. The molecule has 6 nitrogen and oxygen atoms in total. The van der Waals surface area contributed by atoms with Crippen molar-refractivity contribution in [2.45, 2.75) is 33.7 Å². The Morgan fingerprint density at radius 1 is 1.45 bits per heavy atom. The third-order valence-corrected chi connectivity index (χ3v) is 3.45. The van der Waals surface area contributed by atoms with E-state index in [0.717, 1.165) is 23.4 Å². The van der Waals surface area contributed by atoms with Crippen LogP contribution in [0.15, 0.2) is 23.5 Å². The third kappa shape index (κ3) is 2.49. The van der Waals surface area contributed by atoms with E-state index in [1.54, 1.807) is 6.20 Å². The first-order valence-corrected chi connectivity index (χ1v) is 6.53. The molecule has 0 bridgehead atoms. The van der Waals surface area contributed by atoms with Crippen molar-refractivity contribution in [3.05, 3.63) is 46.5 Å². The van der Waals surface area contributed by atoms with Gasteiger partial charge in [-0.15, -0.1) is 0 Å². The minimum Gasteiger partial charge on any atom is -0.409 e. The number of amidine groups is 1. The van der Waals surface area contributed by atoms with Crippen LogP contribution in [0.1, 0.15) is 35.1 Å². The Kier molecular flexibility index (Phi) is 4.02. The van der Waals surface area contributed by atoms with Crippen LogP contribution in [0.2, 0.25) is 0 Å². The van der Waals surface area contributed by atoms with Gasteiger partial charge in [0, 0.05) is 17.5 Å². The molecule has 2 heterocycles. The summed E-state index contributed by atoms with van der Waals surface area (Å²) in [7, 11) is 0. The van der Waals surface area contributed by atoms with E-state index in [9.17, 15) is 0 Å². The van der Waals surface area contributed by atoms with Crippen LogP contribution in [0, 0.1) is 13.8 Å². The van der Waals surface area contributed by atoms with Gasteiger partial charge in [0.15, 0.2) is 5.84 Å². The minimum atomic E-state index is 0.0119. The van der Waals surface area contributed by atoms with Crippen LogP contribution in [0.25, 0.3) is 0 Å². The molecule has 0 amide bonds. The Balaban J connectivity index is 2.41. The van der Waals surface area contributed by atoms with Crippen LogP contribution in [-0.2, 0) is 13.0 Å². The summed E-state index contributed by atoms with van der Waals surface area (Å²) in [5, 5.41) is 16.4. The van der Waals surface area contributed by atoms with Crippen molar-refractivity contribution in [3.8, 4) is 0 Å². The Morgan fingerprint density at radius 3 is 2.80 bits per heavy atom. The number of oxime groups is 1. The predicted octanol–water partition coefficient (Wildman–Crippen LogP) is 1.60. The summed E-state index contributed by atoms with van der Waals surface area (Å²) in [4.78, 5) is 4.17. The molecule has 0 atom stereocenters. The van der Waals surface area contributed by atoms with Crippen LogP contribution < -0.4 is 5.73 Å². The average Bonchev–Trinajstić information content (AvgIpc) is 2.72. The molecular weight excluding hydrogens is 254 g/mol. The van der Waals surface area contributed by atoms with E-state index >= 15 is 0 Å². The van der Waals surface area contributed by atoms with Gasteiger partial charge in [0.25, 0.3) is 0 Å². The van der Waals surface area contributed by atoms with E-state index in [1.807, 2.05) is 23.7 Å². The maximum absolute atomic E-state index is 8.82. The number of nitrogens with zero attached hydrogens (tertiary/aromatic N) is 4. The first-order valence-electron chi connectivity index (χ1n) is 6.53. The zero-order chi connectivity index (χ0) is 14.7. The Hall–Kier alpha value is -2.37. The molecule has 0 saturated carbocycles. The van der Waals surface area contributed by atoms with E-state index in [-0.39, 0.29) is 5.84 Å². The lowest BCUT2D eigenvalue weighted by molar-refractivity contribution is 0.318. The van der Waals surface area contributed by atoms with Crippen molar-refractivity contribution in [3.63, 3.8) is 0 Å². The van der Waals surface area contributed by atoms with Crippen molar-refractivity contribution in [1.82, 2.24) is 14.8 Å². The lowest BCUT2D eigenvalue weighted by Crippen LogP contribution is -2.19. The van der Waals surface area contributed by atoms with E-state index < -0.39 is 0 Å². The van der Waals surface area contributed by atoms with Gasteiger partial charge in [-0.05, 0) is 31.9 Å². The molecule has 6 heteroatoms. The quantitative estimate of drug-likeness (QED) is 0.383. The Bertz CT molecular complexity index is 645. The molecule has 0 aliphatic heterocycles. The highest BCUT2D eigenvalue weighted by molar-refractivity contribution is 5.96. The fourth-order valence-electron chi connectivity index (χ4n) is 2.41. The number of rotatable bonds is 4. The number of hydrogen-bond donors (Lipinski definition) is 2. The van der Waals surface area contributed by atoms with Gasteiger partial charge in [-0.3, -0.25) is 9.67 Å². The summed E-state index contributed by atoms with van der Waals surface area (Å²) < 4.78 is 1.93. The second-order valence-electron chi connectivity index (χ2n) is 4.66. The number of aryl methyl sites for hydroxylation is 1. The Morgan fingerprint density at radius 2 is 2.20 bits per heavy atom. The van der Waals surface area contributed by atoms with Crippen molar-refractivity contribution < 1.29 is 5.21 Å². The van der Waals surface area contributed by atoms with Crippen molar-refractivity contribution >= 4 is 5.84 Å². The summed E-state index contributed by atoms with van der Waals surface area (Å²) in [6, 6.07) is 3.73. The van der Waals surface area contributed by atoms with Crippen LogP contribution in [0.3, 0.4) is 0 Å². The van der Waals surface area contributed by atoms with Gasteiger partial charge in [-0.1, -0.05) is 18.1 Å². The molecule has 0 spiro atoms. The molecule has 3 N–H and O–H groups in total. The maximum atomic E-state index is 8.82. The molecule has 106 valence electrons. The SMILES string of the molecule is CCc1c(C)nn(Cc2cccnc2C(N)=NO)c1C. The molecule has 0 unspecified atom stereocenters. The first-order chi connectivity index (χ1) is 9.58. The molecular formula is C14H19N5O. The number of hydrogen-bond acceptors (Lipinski definition) is 4. The standard InChI is InChI=1S/C14H19N5O/c1-4-12-9(2)17-19(10(12)3)8-11-6-5-7-16-13(11)14(15)18-20/h5-7,20H,4,8H2,1-3H3,(H2,15,18).